The second-order valence-corrected chi connectivity index (χ2v) is 2.58. The molecule has 1 nitrogen and oxygen atoms in total. The maximum absolute atomic E-state index is 5.51. The van der Waals surface area contributed by atoms with Crippen molar-refractivity contribution in [3.8, 4) is 0 Å². The summed E-state index contributed by atoms with van der Waals surface area (Å²) in [7, 11) is 0. The zero-order valence-corrected chi connectivity index (χ0v) is 8.80. The molecule has 0 radical (unpaired) electrons. The average Bonchev–Trinajstić information content (AvgIpc) is 2.21. The van der Waals surface area contributed by atoms with E-state index in [9.17, 15) is 0 Å². The first kappa shape index (κ1) is 11.8. The van der Waals surface area contributed by atoms with Crippen molar-refractivity contribution in [1.29, 1.82) is 0 Å². The zero-order chi connectivity index (χ0) is 10.3. The molecule has 0 aromatic heterocycles. The fourth-order valence-electron chi connectivity index (χ4n) is 0.955. The minimum Gasteiger partial charge on any atom is -0.399 e. The zero-order valence-electron chi connectivity index (χ0n) is 8.80. The molecule has 2 N–H and O–H groups in total. The van der Waals surface area contributed by atoms with E-state index in [2.05, 4.69) is 25.6 Å². The van der Waals surface area contributed by atoms with Gasteiger partial charge in [-0.2, -0.15) is 0 Å². The number of rotatable bonds is 2. The van der Waals surface area contributed by atoms with Gasteiger partial charge in [0.05, 0.1) is 0 Å². The molecular formula is C12H19N. The molecule has 1 heteroatoms. The van der Waals surface area contributed by atoms with Crippen LogP contribution in [0.5, 0.6) is 0 Å². The highest BCUT2D eigenvalue weighted by Gasteiger charge is 1.92. The standard InChI is InChI=1S/C10H13N.C2H6/c1-3-9-4-6-10(7-5-9)8(2)11;1-2/h4-7H,2-3,11H2,1H3;1-2H3. The number of aryl methyl sites for hydroxylation is 1. The molecule has 0 fully saturated rings. The van der Waals surface area contributed by atoms with Gasteiger partial charge in [0.2, 0.25) is 0 Å². The SMILES string of the molecule is C=C(N)c1ccc(CC)cc1.CC. The first-order chi connectivity index (χ1) is 6.24. The van der Waals surface area contributed by atoms with Crippen molar-refractivity contribution in [2.24, 2.45) is 5.73 Å². The van der Waals surface area contributed by atoms with Crippen LogP contribution in [0, 0.1) is 0 Å². The van der Waals surface area contributed by atoms with Gasteiger partial charge in [-0.05, 0) is 17.5 Å². The molecule has 0 unspecified atom stereocenters. The molecule has 1 rings (SSSR count). The molecule has 1 aromatic rings. The van der Waals surface area contributed by atoms with Crippen molar-refractivity contribution >= 4 is 5.70 Å². The van der Waals surface area contributed by atoms with E-state index >= 15 is 0 Å². The minimum atomic E-state index is 0.632. The van der Waals surface area contributed by atoms with E-state index in [-0.39, 0.29) is 0 Å². The molecular weight excluding hydrogens is 158 g/mol. The highest BCUT2D eigenvalue weighted by molar-refractivity contribution is 5.60. The van der Waals surface area contributed by atoms with Gasteiger partial charge < -0.3 is 5.73 Å². The molecule has 0 aliphatic carbocycles. The van der Waals surface area contributed by atoms with Gasteiger partial charge in [0.25, 0.3) is 0 Å². The molecule has 0 amide bonds. The van der Waals surface area contributed by atoms with E-state index < -0.39 is 0 Å². The Kier molecular flexibility index (Phi) is 5.69. The van der Waals surface area contributed by atoms with E-state index in [0.29, 0.717) is 5.70 Å². The average molecular weight is 177 g/mol. The Morgan fingerprint density at radius 1 is 1.23 bits per heavy atom. The maximum atomic E-state index is 5.51. The first-order valence-corrected chi connectivity index (χ1v) is 4.77. The molecule has 0 spiro atoms. The molecule has 0 aliphatic rings. The molecule has 0 atom stereocenters. The van der Waals surface area contributed by atoms with Gasteiger partial charge in [-0.25, -0.2) is 0 Å². The van der Waals surface area contributed by atoms with Gasteiger partial charge in [0, 0.05) is 5.70 Å². The van der Waals surface area contributed by atoms with Gasteiger partial charge in [0.15, 0.2) is 0 Å². The lowest BCUT2D eigenvalue weighted by atomic mass is 10.1. The summed E-state index contributed by atoms with van der Waals surface area (Å²) < 4.78 is 0. The topological polar surface area (TPSA) is 26.0 Å². The number of benzene rings is 1. The van der Waals surface area contributed by atoms with Crippen LogP contribution in [0.2, 0.25) is 0 Å². The summed E-state index contributed by atoms with van der Waals surface area (Å²) in [5.74, 6) is 0. The van der Waals surface area contributed by atoms with Crippen LogP contribution in [0.25, 0.3) is 5.70 Å². The Hall–Kier alpha value is -1.24. The van der Waals surface area contributed by atoms with Gasteiger partial charge in [-0.3, -0.25) is 0 Å². The van der Waals surface area contributed by atoms with Crippen molar-refractivity contribution < 1.29 is 0 Å². The summed E-state index contributed by atoms with van der Waals surface area (Å²) >= 11 is 0. The predicted molar refractivity (Wildman–Crippen MR) is 60.4 cm³/mol. The third-order valence-electron chi connectivity index (χ3n) is 1.73. The monoisotopic (exact) mass is 177 g/mol. The fourth-order valence-corrected chi connectivity index (χ4v) is 0.955. The van der Waals surface area contributed by atoms with Crippen LogP contribution in [0.15, 0.2) is 30.8 Å². The minimum absolute atomic E-state index is 0.632. The van der Waals surface area contributed by atoms with Crippen LogP contribution in [0.3, 0.4) is 0 Å². The van der Waals surface area contributed by atoms with E-state index in [0.717, 1.165) is 12.0 Å². The van der Waals surface area contributed by atoms with Crippen LogP contribution in [-0.4, -0.2) is 0 Å². The molecule has 13 heavy (non-hydrogen) atoms. The predicted octanol–water partition coefficient (Wildman–Crippen LogP) is 3.20. The van der Waals surface area contributed by atoms with Crippen molar-refractivity contribution in [2.75, 3.05) is 0 Å². The molecule has 0 saturated carbocycles. The van der Waals surface area contributed by atoms with Crippen molar-refractivity contribution in [2.45, 2.75) is 27.2 Å². The number of hydrogen-bond donors (Lipinski definition) is 1. The quantitative estimate of drug-likeness (QED) is 0.737. The highest BCUT2D eigenvalue weighted by Crippen LogP contribution is 2.08. The van der Waals surface area contributed by atoms with Crippen LogP contribution >= 0.6 is 0 Å². The summed E-state index contributed by atoms with van der Waals surface area (Å²) in [6, 6.07) is 8.16. The van der Waals surface area contributed by atoms with Crippen LogP contribution in [0.1, 0.15) is 31.9 Å². The van der Waals surface area contributed by atoms with Gasteiger partial charge in [-0.1, -0.05) is 51.6 Å². The van der Waals surface area contributed by atoms with Crippen molar-refractivity contribution in [3.05, 3.63) is 42.0 Å². The molecule has 0 bridgehead atoms. The Bertz CT molecular complexity index is 246. The third-order valence-corrected chi connectivity index (χ3v) is 1.73. The summed E-state index contributed by atoms with van der Waals surface area (Å²) in [4.78, 5) is 0. The lowest BCUT2D eigenvalue weighted by Gasteiger charge is -2.00. The smallest absolute Gasteiger partial charge is 0.0314 e. The summed E-state index contributed by atoms with van der Waals surface area (Å²) in [5, 5.41) is 0. The van der Waals surface area contributed by atoms with E-state index in [1.54, 1.807) is 0 Å². The molecule has 0 saturated heterocycles. The number of hydrogen-bond acceptors (Lipinski definition) is 1. The Morgan fingerprint density at radius 2 is 1.69 bits per heavy atom. The van der Waals surface area contributed by atoms with Crippen LogP contribution in [-0.2, 0) is 6.42 Å². The lowest BCUT2D eigenvalue weighted by molar-refractivity contribution is 1.14. The summed E-state index contributed by atoms with van der Waals surface area (Å²) in [6.45, 7) is 9.79. The molecule has 72 valence electrons. The highest BCUT2D eigenvalue weighted by atomic mass is 14.6. The van der Waals surface area contributed by atoms with Crippen LogP contribution in [0.4, 0.5) is 0 Å². The maximum Gasteiger partial charge on any atom is 0.0314 e. The van der Waals surface area contributed by atoms with Crippen molar-refractivity contribution in [1.82, 2.24) is 0 Å². The molecule has 0 aliphatic heterocycles. The van der Waals surface area contributed by atoms with Gasteiger partial charge in [0.1, 0.15) is 0 Å². The van der Waals surface area contributed by atoms with Gasteiger partial charge in [-0.15, -0.1) is 0 Å². The number of nitrogens with two attached hydrogens (primary N) is 1. The summed E-state index contributed by atoms with van der Waals surface area (Å²) in [5.41, 5.74) is 8.49. The lowest BCUT2D eigenvalue weighted by Crippen LogP contribution is -1.93. The molecule has 1 aromatic carbocycles. The first-order valence-electron chi connectivity index (χ1n) is 4.77. The second-order valence-electron chi connectivity index (χ2n) is 2.58. The Morgan fingerprint density at radius 3 is 2.00 bits per heavy atom. The second kappa shape index (κ2) is 6.30. The van der Waals surface area contributed by atoms with Crippen LogP contribution < -0.4 is 5.73 Å². The van der Waals surface area contributed by atoms with E-state index in [1.165, 1.54) is 5.56 Å². The third kappa shape index (κ3) is 3.79. The summed E-state index contributed by atoms with van der Waals surface area (Å²) in [6.07, 6.45) is 1.07. The molecule has 0 heterocycles. The Labute approximate surface area is 81.3 Å². The largest absolute Gasteiger partial charge is 0.399 e. The van der Waals surface area contributed by atoms with E-state index in [4.69, 9.17) is 5.73 Å². The fraction of sp³-hybridized carbons (Fsp3) is 0.333. The van der Waals surface area contributed by atoms with E-state index in [1.807, 2.05) is 26.0 Å². The van der Waals surface area contributed by atoms with Gasteiger partial charge >= 0.3 is 0 Å². The Balaban J connectivity index is 0.000000671. The normalized spacial score (nSPS) is 8.54. The van der Waals surface area contributed by atoms with Crippen molar-refractivity contribution in [3.63, 3.8) is 0 Å².